The molecular formula is C41H46N2O18. The summed E-state index contributed by atoms with van der Waals surface area (Å²) in [7, 11) is 0. The molecule has 0 bridgehead atoms. The topological polar surface area (TPSA) is 324 Å². The van der Waals surface area contributed by atoms with Gasteiger partial charge in [0.05, 0.1) is 41.3 Å². The largest absolute Gasteiger partial charge is 0.507 e. The molecule has 328 valence electrons. The van der Waals surface area contributed by atoms with E-state index in [1.54, 1.807) is 12.1 Å². The Morgan fingerprint density at radius 3 is 2.23 bits per heavy atom. The van der Waals surface area contributed by atoms with Gasteiger partial charge in [0.15, 0.2) is 12.1 Å². The predicted molar refractivity (Wildman–Crippen MR) is 209 cm³/mol. The number of hydrogen-bond acceptors (Lipinski definition) is 18. The van der Waals surface area contributed by atoms with Gasteiger partial charge in [-0.05, 0) is 24.6 Å². The summed E-state index contributed by atoms with van der Waals surface area (Å²) < 4.78 is 28.5. The van der Waals surface area contributed by atoms with Gasteiger partial charge in [-0.1, -0.05) is 30.3 Å². The highest BCUT2D eigenvalue weighted by Gasteiger charge is 2.48. The third-order valence-electron chi connectivity index (χ3n) is 11.2. The summed E-state index contributed by atoms with van der Waals surface area (Å²) in [5, 5.41) is 113. The zero-order valence-electron chi connectivity index (χ0n) is 32.7. The number of ketones is 1. The van der Waals surface area contributed by atoms with E-state index in [-0.39, 0.29) is 63.7 Å². The molecule has 2 amide bonds. The number of anilines is 1. The van der Waals surface area contributed by atoms with Crippen molar-refractivity contribution in [1.29, 1.82) is 0 Å². The third-order valence-corrected chi connectivity index (χ3v) is 11.2. The number of amides is 2. The minimum Gasteiger partial charge on any atom is -0.507 e. The number of phenols is 4. The van der Waals surface area contributed by atoms with Gasteiger partial charge in [0.25, 0.3) is 0 Å². The molecule has 2 fully saturated rings. The number of benzene rings is 4. The van der Waals surface area contributed by atoms with Crippen molar-refractivity contribution >= 4 is 45.0 Å². The number of aliphatic hydroxyl groups is 6. The quantitative estimate of drug-likeness (QED) is 0.0771. The Bertz CT molecular complexity index is 2360. The molecule has 10 atom stereocenters. The smallest absolute Gasteiger partial charge is 0.407 e. The van der Waals surface area contributed by atoms with Gasteiger partial charge in [-0.2, -0.15) is 0 Å². The number of aromatic hydroxyl groups is 4. The molecule has 12 N–H and O–H groups in total. The first-order chi connectivity index (χ1) is 28.9. The van der Waals surface area contributed by atoms with Crippen molar-refractivity contribution in [2.75, 3.05) is 18.5 Å². The summed E-state index contributed by atoms with van der Waals surface area (Å²) >= 11 is 0. The van der Waals surface area contributed by atoms with Crippen LogP contribution in [0.25, 0.3) is 21.5 Å². The Balaban J connectivity index is 1.10. The normalized spacial score (nSPS) is 28.8. The number of aliphatic hydroxyl groups excluding tert-OH is 5. The van der Waals surface area contributed by atoms with Crippen molar-refractivity contribution in [2.24, 2.45) is 0 Å². The molecule has 20 heteroatoms. The summed E-state index contributed by atoms with van der Waals surface area (Å²) in [4.78, 5) is 38.1. The summed E-state index contributed by atoms with van der Waals surface area (Å²) in [6.45, 7) is 0.952. The minimum atomic E-state index is -2.35. The van der Waals surface area contributed by atoms with E-state index in [1.807, 2.05) is 0 Å². The van der Waals surface area contributed by atoms with Gasteiger partial charge in [0.1, 0.15) is 72.0 Å². The van der Waals surface area contributed by atoms with Crippen molar-refractivity contribution < 1.29 is 89.1 Å². The van der Waals surface area contributed by atoms with Gasteiger partial charge >= 0.3 is 6.09 Å². The zero-order valence-corrected chi connectivity index (χ0v) is 32.7. The van der Waals surface area contributed by atoms with Crippen LogP contribution in [0, 0.1) is 0 Å². The molecule has 3 aliphatic rings. The SMILES string of the molecule is CC(=O)Nc1cc(COC(=O)NC2CC(OC3C[C@](O)(C(=O)CO)Cc4c3c(O)c3c(O)c5ccccc5c(O)c3c4O)OC(C)C2O)ccc1OC1OCC(O)C(O)C1O. The van der Waals surface area contributed by atoms with Gasteiger partial charge < -0.3 is 85.4 Å². The first-order valence-corrected chi connectivity index (χ1v) is 19.3. The van der Waals surface area contributed by atoms with Crippen LogP contribution >= 0.6 is 0 Å². The van der Waals surface area contributed by atoms with Crippen LogP contribution in [0.4, 0.5) is 10.5 Å². The average Bonchev–Trinajstić information content (AvgIpc) is 3.22. The Morgan fingerprint density at radius 2 is 1.57 bits per heavy atom. The van der Waals surface area contributed by atoms with E-state index < -0.39 is 121 Å². The van der Waals surface area contributed by atoms with Crippen LogP contribution in [0.1, 0.15) is 49.5 Å². The Hall–Kier alpha value is -5.55. The van der Waals surface area contributed by atoms with Crippen LogP contribution in [-0.2, 0) is 41.6 Å². The lowest BCUT2D eigenvalue weighted by Gasteiger charge is -2.42. The average molecular weight is 855 g/mol. The van der Waals surface area contributed by atoms with Gasteiger partial charge in [-0.25, -0.2) is 4.79 Å². The molecule has 0 saturated carbocycles. The Morgan fingerprint density at radius 1 is 0.902 bits per heavy atom. The van der Waals surface area contributed by atoms with Gasteiger partial charge in [0.2, 0.25) is 12.2 Å². The van der Waals surface area contributed by atoms with Crippen molar-refractivity contribution in [3.05, 3.63) is 59.2 Å². The minimum absolute atomic E-state index is 0.0290. The number of alkyl carbamates (subject to hydrolysis) is 1. The second kappa shape index (κ2) is 17.1. The molecule has 0 radical (unpaired) electrons. The van der Waals surface area contributed by atoms with E-state index in [9.17, 15) is 65.4 Å². The Kier molecular flexibility index (Phi) is 12.2. The highest BCUT2D eigenvalue weighted by molar-refractivity contribution is 6.15. The summed E-state index contributed by atoms with van der Waals surface area (Å²) in [5.41, 5.74) is -2.24. The van der Waals surface area contributed by atoms with Crippen molar-refractivity contribution in [2.45, 2.75) is 101 Å². The molecule has 0 aromatic heterocycles. The second-order valence-electron chi connectivity index (χ2n) is 15.4. The molecule has 61 heavy (non-hydrogen) atoms. The molecule has 1 aliphatic carbocycles. The number of carbonyl (C=O) groups excluding carboxylic acids is 3. The van der Waals surface area contributed by atoms with Crippen molar-refractivity contribution in [3.63, 3.8) is 0 Å². The maximum atomic E-state index is 13.1. The number of rotatable bonds is 10. The zero-order chi connectivity index (χ0) is 44.1. The number of carbonyl (C=O) groups is 3. The van der Waals surface area contributed by atoms with E-state index >= 15 is 0 Å². The van der Waals surface area contributed by atoms with E-state index in [1.165, 1.54) is 44.2 Å². The van der Waals surface area contributed by atoms with Crippen LogP contribution in [-0.4, -0.2) is 137 Å². The fourth-order valence-electron chi connectivity index (χ4n) is 8.07. The number of fused-ring (bicyclic) bond motifs is 3. The molecule has 4 aromatic rings. The molecular weight excluding hydrogens is 808 g/mol. The summed E-state index contributed by atoms with van der Waals surface area (Å²) in [5.74, 6) is -3.77. The first kappa shape index (κ1) is 43.5. The molecule has 7 rings (SSSR count). The van der Waals surface area contributed by atoms with Crippen LogP contribution in [0.2, 0.25) is 0 Å². The molecule has 9 unspecified atom stereocenters. The lowest BCUT2D eigenvalue weighted by Crippen LogP contribution is -2.55. The number of nitrogens with one attached hydrogen (secondary N) is 2. The van der Waals surface area contributed by atoms with E-state index in [2.05, 4.69) is 10.6 Å². The lowest BCUT2D eigenvalue weighted by molar-refractivity contribution is -0.249. The standard InChI is InChI=1S/C41H46N2O18/c1-16-32(48)23(43-40(55)58-14-18-7-8-25(22(9-18)42-17(2)45)61-39-38(54)36(52)24(46)15-57-39)10-28(59-16)60-26-12-41(56,27(47)13-44)11-21-29(26)37(53)31-30(35(21)51)33(49)19-5-3-4-6-20(19)34(31)50/h3-9,16,23-24,26,28,32,36,38-39,44,46,48-54,56H,10-15H2,1-2H3,(H,42,45)(H,43,55)/t16?,23?,24?,26?,28?,32?,36?,38?,39?,41-/m0/s1. The highest BCUT2D eigenvalue weighted by atomic mass is 16.7. The lowest BCUT2D eigenvalue weighted by atomic mass is 9.74. The van der Waals surface area contributed by atoms with E-state index in [4.69, 9.17) is 23.7 Å². The number of phenolic OH excluding ortho intramolecular Hbond substituents is 4. The van der Waals surface area contributed by atoms with Gasteiger partial charge in [0, 0.05) is 48.1 Å². The third kappa shape index (κ3) is 8.29. The monoisotopic (exact) mass is 854 g/mol. The van der Waals surface area contributed by atoms with E-state index in [0.717, 1.165) is 0 Å². The fourth-order valence-corrected chi connectivity index (χ4v) is 8.07. The molecule has 20 nitrogen and oxygen atoms in total. The molecule has 2 aliphatic heterocycles. The molecule has 2 saturated heterocycles. The molecule has 4 aromatic carbocycles. The summed E-state index contributed by atoms with van der Waals surface area (Å²) in [6.07, 6.45) is -13.4. The predicted octanol–water partition coefficient (Wildman–Crippen LogP) is 0.679. The first-order valence-electron chi connectivity index (χ1n) is 19.3. The van der Waals surface area contributed by atoms with Crippen LogP contribution in [0.3, 0.4) is 0 Å². The highest BCUT2D eigenvalue weighted by Crippen LogP contribution is 2.56. The summed E-state index contributed by atoms with van der Waals surface area (Å²) in [6, 6.07) is 9.35. The van der Waals surface area contributed by atoms with Crippen molar-refractivity contribution in [3.8, 4) is 28.7 Å². The number of ether oxygens (including phenoxy) is 5. The molecule has 2 heterocycles. The van der Waals surface area contributed by atoms with E-state index in [0.29, 0.717) is 5.56 Å². The maximum absolute atomic E-state index is 13.1. The molecule has 0 spiro atoms. The van der Waals surface area contributed by atoms with Crippen LogP contribution in [0.5, 0.6) is 28.7 Å². The maximum Gasteiger partial charge on any atom is 0.407 e. The Labute approximate surface area is 346 Å². The van der Waals surface area contributed by atoms with Gasteiger partial charge in [-0.3, -0.25) is 9.59 Å². The van der Waals surface area contributed by atoms with Gasteiger partial charge in [-0.15, -0.1) is 0 Å². The fraction of sp³-hybridized carbons (Fsp3) is 0.439. The van der Waals surface area contributed by atoms with Crippen molar-refractivity contribution in [1.82, 2.24) is 5.32 Å². The number of Topliss-reactive ketones (excluding diaryl/α,β-unsaturated/α-hetero) is 1. The second-order valence-corrected chi connectivity index (χ2v) is 15.4. The van der Waals surface area contributed by atoms with Crippen LogP contribution in [0.15, 0.2) is 42.5 Å². The number of hydrogen-bond donors (Lipinski definition) is 12. The van der Waals surface area contributed by atoms with Crippen LogP contribution < -0.4 is 15.4 Å².